The average molecular weight is 473 g/mol. The summed E-state index contributed by atoms with van der Waals surface area (Å²) in [7, 11) is 0. The van der Waals surface area contributed by atoms with Crippen molar-refractivity contribution in [3.8, 4) is 0 Å². The van der Waals surface area contributed by atoms with Crippen LogP contribution in [0.25, 0.3) is 0 Å². The number of hydrogen-bond donors (Lipinski definition) is 1. The molecule has 2 aromatic rings. The predicted molar refractivity (Wildman–Crippen MR) is 123 cm³/mol. The number of nitrogens with zero attached hydrogens (tertiary/aromatic N) is 3. The predicted octanol–water partition coefficient (Wildman–Crippen LogP) is 3.62. The number of amides is 5. The zero-order chi connectivity index (χ0) is 22.3. The van der Waals surface area contributed by atoms with Crippen LogP contribution >= 0.6 is 24.0 Å². The summed E-state index contributed by atoms with van der Waals surface area (Å²) in [5.74, 6) is -3.03. The van der Waals surface area contributed by atoms with Gasteiger partial charge in [-0.15, -0.1) is 12.4 Å². The van der Waals surface area contributed by atoms with Gasteiger partial charge in [0.15, 0.2) is 0 Å². The minimum absolute atomic E-state index is 0. The van der Waals surface area contributed by atoms with E-state index in [1.807, 2.05) is 6.07 Å². The van der Waals surface area contributed by atoms with E-state index in [9.17, 15) is 19.2 Å². The Labute approximate surface area is 194 Å². The van der Waals surface area contributed by atoms with Crippen LogP contribution in [0.15, 0.2) is 65.3 Å². The highest BCUT2D eigenvalue weighted by molar-refractivity contribution is 6.38. The van der Waals surface area contributed by atoms with Gasteiger partial charge in [-0.25, -0.2) is 9.69 Å². The van der Waals surface area contributed by atoms with Crippen LogP contribution in [0.1, 0.15) is 12.5 Å². The molecule has 10 heteroatoms. The highest BCUT2D eigenvalue weighted by Crippen LogP contribution is 2.29. The topological polar surface area (TPSA) is 99.2 Å². The minimum Gasteiger partial charge on any atom is -0.273 e. The van der Waals surface area contributed by atoms with Gasteiger partial charge in [-0.05, 0) is 49.8 Å². The van der Waals surface area contributed by atoms with E-state index in [0.29, 0.717) is 16.4 Å². The first-order valence-corrected chi connectivity index (χ1v) is 9.77. The number of imide groups is 2. The summed E-state index contributed by atoms with van der Waals surface area (Å²) < 4.78 is 0. The van der Waals surface area contributed by atoms with Gasteiger partial charge < -0.3 is 0 Å². The highest BCUT2D eigenvalue weighted by Gasteiger charge is 2.40. The number of urea groups is 1. The molecule has 2 heterocycles. The van der Waals surface area contributed by atoms with Gasteiger partial charge in [0.25, 0.3) is 17.7 Å². The first-order chi connectivity index (χ1) is 14.8. The lowest BCUT2D eigenvalue weighted by Gasteiger charge is -2.27. The van der Waals surface area contributed by atoms with Crippen molar-refractivity contribution in [2.75, 3.05) is 9.91 Å². The van der Waals surface area contributed by atoms with Crippen LogP contribution in [0, 0.1) is 12.8 Å². The molecule has 32 heavy (non-hydrogen) atoms. The zero-order valence-corrected chi connectivity index (χ0v) is 18.6. The fourth-order valence-electron chi connectivity index (χ4n) is 3.32. The zero-order valence-electron chi connectivity index (χ0n) is 17.0. The lowest BCUT2D eigenvalue weighted by Crippen LogP contribution is -2.54. The normalized spacial score (nSPS) is 19.8. The van der Waals surface area contributed by atoms with Gasteiger partial charge in [-0.1, -0.05) is 35.9 Å². The molecular formula is C22H18Cl2N4O4. The molecule has 0 saturated carbocycles. The van der Waals surface area contributed by atoms with E-state index in [2.05, 4.69) is 10.4 Å². The summed E-state index contributed by atoms with van der Waals surface area (Å²) in [5, 5.41) is 8.00. The van der Waals surface area contributed by atoms with Gasteiger partial charge in [0, 0.05) is 5.02 Å². The van der Waals surface area contributed by atoms with Gasteiger partial charge in [0.1, 0.15) is 5.57 Å². The molecule has 2 aromatic carbocycles. The number of anilines is 2. The lowest BCUT2D eigenvalue weighted by atomic mass is 9.98. The van der Waals surface area contributed by atoms with Crippen molar-refractivity contribution in [1.82, 2.24) is 5.32 Å². The summed E-state index contributed by atoms with van der Waals surface area (Å²) in [6.45, 7) is 3.42. The maximum absolute atomic E-state index is 13.1. The number of aryl methyl sites for hydroxylation is 1. The first-order valence-electron chi connectivity index (χ1n) is 9.40. The third-order valence-electron chi connectivity index (χ3n) is 5.03. The molecule has 0 radical (unpaired) electrons. The van der Waals surface area contributed by atoms with Crippen LogP contribution in [-0.4, -0.2) is 29.5 Å². The van der Waals surface area contributed by atoms with Crippen molar-refractivity contribution in [2.24, 2.45) is 11.0 Å². The third kappa shape index (κ3) is 4.02. The Morgan fingerprint density at radius 3 is 2.34 bits per heavy atom. The molecule has 0 spiro atoms. The Bertz CT molecular complexity index is 1190. The van der Waals surface area contributed by atoms with Crippen molar-refractivity contribution in [3.63, 3.8) is 0 Å². The average Bonchev–Trinajstić information content (AvgIpc) is 3.02. The number of rotatable bonds is 3. The largest absolute Gasteiger partial charge is 0.335 e. The van der Waals surface area contributed by atoms with Gasteiger partial charge in [-0.3, -0.25) is 19.7 Å². The molecule has 0 aliphatic carbocycles. The fourth-order valence-corrected chi connectivity index (χ4v) is 3.50. The van der Waals surface area contributed by atoms with E-state index in [1.165, 1.54) is 17.2 Å². The molecule has 1 N–H and O–H groups in total. The third-order valence-corrected chi connectivity index (χ3v) is 5.44. The SMILES string of the molecule is CC1=NN(c2ccccc2)C(=O)C1C=C1C(=O)NC(=O)N(c2ccc(C)c(Cl)c2)C1=O.Cl. The summed E-state index contributed by atoms with van der Waals surface area (Å²) in [6.07, 6.45) is 1.25. The number of hydrogen-bond acceptors (Lipinski definition) is 5. The molecule has 164 valence electrons. The van der Waals surface area contributed by atoms with Crippen LogP contribution in [0.4, 0.5) is 16.2 Å². The Morgan fingerprint density at radius 1 is 1.00 bits per heavy atom. The Morgan fingerprint density at radius 2 is 1.69 bits per heavy atom. The van der Waals surface area contributed by atoms with E-state index in [1.54, 1.807) is 50.2 Å². The second kappa shape index (κ2) is 8.94. The maximum atomic E-state index is 13.1. The number of hydrazone groups is 1. The molecule has 1 atom stereocenters. The Balaban J connectivity index is 0.00000289. The summed E-state index contributed by atoms with van der Waals surface area (Å²) in [4.78, 5) is 51.6. The molecule has 2 aliphatic rings. The molecule has 8 nitrogen and oxygen atoms in total. The van der Waals surface area contributed by atoms with E-state index < -0.39 is 29.7 Å². The smallest absolute Gasteiger partial charge is 0.273 e. The van der Waals surface area contributed by atoms with Crippen LogP contribution in [0.3, 0.4) is 0 Å². The number of nitrogens with one attached hydrogen (secondary N) is 1. The van der Waals surface area contributed by atoms with Crippen molar-refractivity contribution in [1.29, 1.82) is 0 Å². The molecule has 4 rings (SSSR count). The second-order valence-electron chi connectivity index (χ2n) is 7.12. The van der Waals surface area contributed by atoms with Crippen LogP contribution in [0.5, 0.6) is 0 Å². The molecule has 0 aromatic heterocycles. The van der Waals surface area contributed by atoms with Gasteiger partial charge in [0.05, 0.1) is 23.0 Å². The molecule has 1 unspecified atom stereocenters. The maximum Gasteiger partial charge on any atom is 0.335 e. The fraction of sp³-hybridized carbons (Fsp3) is 0.136. The summed E-state index contributed by atoms with van der Waals surface area (Å²) in [5.41, 5.74) is 1.65. The molecular weight excluding hydrogens is 455 g/mol. The number of carbonyl (C=O) groups excluding carboxylic acids is 4. The quantitative estimate of drug-likeness (QED) is 0.544. The Kier molecular flexibility index (Phi) is 6.47. The van der Waals surface area contributed by atoms with Crippen LogP contribution in [-0.2, 0) is 14.4 Å². The van der Waals surface area contributed by atoms with Crippen molar-refractivity contribution in [3.05, 3.63) is 70.8 Å². The molecule has 2 aliphatic heterocycles. The number of halogens is 2. The molecule has 1 fully saturated rings. The molecule has 1 saturated heterocycles. The van der Waals surface area contributed by atoms with Crippen molar-refractivity contribution in [2.45, 2.75) is 13.8 Å². The van der Waals surface area contributed by atoms with E-state index in [-0.39, 0.29) is 23.7 Å². The minimum atomic E-state index is -0.915. The monoisotopic (exact) mass is 472 g/mol. The number of carbonyl (C=O) groups is 4. The van der Waals surface area contributed by atoms with Crippen LogP contribution in [0.2, 0.25) is 5.02 Å². The van der Waals surface area contributed by atoms with Gasteiger partial charge >= 0.3 is 6.03 Å². The number of para-hydroxylation sites is 1. The molecule has 0 bridgehead atoms. The second-order valence-corrected chi connectivity index (χ2v) is 7.53. The van der Waals surface area contributed by atoms with Gasteiger partial charge in [0.2, 0.25) is 0 Å². The summed E-state index contributed by atoms with van der Waals surface area (Å²) in [6, 6.07) is 12.6. The van der Waals surface area contributed by atoms with Gasteiger partial charge in [-0.2, -0.15) is 10.1 Å². The highest BCUT2D eigenvalue weighted by atomic mass is 35.5. The van der Waals surface area contributed by atoms with Crippen molar-refractivity contribution < 1.29 is 19.2 Å². The number of benzene rings is 2. The first kappa shape index (κ1) is 23.2. The van der Waals surface area contributed by atoms with Crippen molar-refractivity contribution >= 4 is 64.8 Å². The van der Waals surface area contributed by atoms with Crippen LogP contribution < -0.4 is 15.2 Å². The molecule has 5 amide bonds. The number of barbiturate groups is 1. The standard InChI is InChI=1S/C22H17ClN4O4.ClH/c1-12-8-9-15(10-18(12)23)26-20(29)17(19(28)24-22(26)31)11-16-13(2)25-27(21(16)30)14-6-4-3-5-7-14;/h3-11,16H,1-2H3,(H,24,28,31);1H. The Hall–Kier alpha value is -3.49. The van der Waals surface area contributed by atoms with E-state index >= 15 is 0 Å². The summed E-state index contributed by atoms with van der Waals surface area (Å²) >= 11 is 6.13. The van der Waals surface area contributed by atoms with E-state index in [0.717, 1.165) is 10.5 Å². The lowest BCUT2D eigenvalue weighted by molar-refractivity contribution is -0.122. The van der Waals surface area contributed by atoms with E-state index in [4.69, 9.17) is 11.6 Å².